The lowest BCUT2D eigenvalue weighted by Gasteiger charge is -2.16. The minimum atomic E-state index is -0.173. The summed E-state index contributed by atoms with van der Waals surface area (Å²) in [5.74, 6) is -0.173. The fourth-order valence-electron chi connectivity index (χ4n) is 3.13. The van der Waals surface area contributed by atoms with Gasteiger partial charge in [0.05, 0.1) is 18.4 Å². The number of aromatic nitrogens is 6. The fraction of sp³-hybridized carbons (Fsp3) is 0.333. The summed E-state index contributed by atoms with van der Waals surface area (Å²) >= 11 is 0. The number of carbonyl (C=O) groups excluding carboxylic acids is 1. The third-order valence-corrected chi connectivity index (χ3v) is 4.35. The van der Waals surface area contributed by atoms with E-state index in [2.05, 4.69) is 19.9 Å². The SMILES string of the molecule is Cn1c(=O)n(C2CCN(C(=O)c3cnccn3)C2)c2ncncc21. The van der Waals surface area contributed by atoms with Crippen LogP contribution in [0.3, 0.4) is 0 Å². The van der Waals surface area contributed by atoms with Gasteiger partial charge in [-0.15, -0.1) is 0 Å². The first-order chi connectivity index (χ1) is 11.7. The van der Waals surface area contributed by atoms with Crippen LogP contribution >= 0.6 is 0 Å². The molecular formula is C15H15N7O2. The first kappa shape index (κ1) is 14.5. The lowest BCUT2D eigenvalue weighted by atomic mass is 10.2. The molecule has 1 atom stereocenters. The van der Waals surface area contributed by atoms with Crippen LogP contribution in [0.1, 0.15) is 23.0 Å². The first-order valence-corrected chi connectivity index (χ1v) is 7.59. The van der Waals surface area contributed by atoms with Gasteiger partial charge in [-0.3, -0.25) is 18.9 Å². The topological polar surface area (TPSA) is 98.8 Å². The number of hydrogen-bond donors (Lipinski definition) is 0. The predicted octanol–water partition coefficient (Wildman–Crippen LogP) is 0.00720. The highest BCUT2D eigenvalue weighted by Crippen LogP contribution is 2.24. The van der Waals surface area contributed by atoms with E-state index in [0.29, 0.717) is 36.4 Å². The van der Waals surface area contributed by atoms with Crippen LogP contribution in [0.4, 0.5) is 0 Å². The van der Waals surface area contributed by atoms with Gasteiger partial charge in [-0.05, 0) is 6.42 Å². The highest BCUT2D eigenvalue weighted by Gasteiger charge is 2.31. The molecule has 0 saturated carbocycles. The van der Waals surface area contributed by atoms with Crippen molar-refractivity contribution in [1.29, 1.82) is 0 Å². The van der Waals surface area contributed by atoms with Crippen LogP contribution in [0.25, 0.3) is 11.2 Å². The number of hydrogen-bond acceptors (Lipinski definition) is 6. The molecule has 1 fully saturated rings. The molecule has 0 aliphatic carbocycles. The Kier molecular flexibility index (Phi) is 3.33. The molecule has 0 aromatic carbocycles. The zero-order chi connectivity index (χ0) is 16.7. The molecule has 0 spiro atoms. The second kappa shape index (κ2) is 5.52. The summed E-state index contributed by atoms with van der Waals surface area (Å²) in [6, 6.07) is -0.114. The average molecular weight is 325 g/mol. The average Bonchev–Trinajstić information content (AvgIpc) is 3.19. The van der Waals surface area contributed by atoms with E-state index in [1.54, 1.807) is 22.7 Å². The maximum absolute atomic E-state index is 12.6. The van der Waals surface area contributed by atoms with E-state index in [1.165, 1.54) is 29.5 Å². The second-order valence-corrected chi connectivity index (χ2v) is 5.73. The largest absolute Gasteiger partial charge is 0.335 e. The minimum absolute atomic E-state index is 0.114. The molecule has 1 amide bonds. The van der Waals surface area contributed by atoms with Gasteiger partial charge in [-0.25, -0.2) is 19.7 Å². The highest BCUT2D eigenvalue weighted by atomic mass is 16.2. The van der Waals surface area contributed by atoms with Gasteiger partial charge in [-0.2, -0.15) is 0 Å². The van der Waals surface area contributed by atoms with Gasteiger partial charge in [0, 0.05) is 32.5 Å². The molecule has 0 bridgehead atoms. The zero-order valence-corrected chi connectivity index (χ0v) is 13.0. The molecule has 122 valence electrons. The summed E-state index contributed by atoms with van der Waals surface area (Å²) in [4.78, 5) is 42.9. The van der Waals surface area contributed by atoms with Crippen LogP contribution < -0.4 is 5.69 Å². The maximum atomic E-state index is 12.6. The molecule has 4 heterocycles. The Morgan fingerprint density at radius 2 is 2.08 bits per heavy atom. The molecule has 1 saturated heterocycles. The van der Waals surface area contributed by atoms with Crippen LogP contribution in [0.2, 0.25) is 0 Å². The molecule has 3 aromatic heterocycles. The smallest absolute Gasteiger partial charge is 0.330 e. The number of imidazole rings is 1. The van der Waals surface area contributed by atoms with Crippen molar-refractivity contribution in [3.05, 3.63) is 47.3 Å². The molecule has 1 aliphatic rings. The van der Waals surface area contributed by atoms with Crippen LogP contribution in [-0.2, 0) is 7.05 Å². The highest BCUT2D eigenvalue weighted by molar-refractivity contribution is 5.92. The first-order valence-electron chi connectivity index (χ1n) is 7.59. The second-order valence-electron chi connectivity index (χ2n) is 5.73. The van der Waals surface area contributed by atoms with E-state index in [4.69, 9.17) is 0 Å². The predicted molar refractivity (Wildman–Crippen MR) is 84.4 cm³/mol. The molecule has 4 rings (SSSR count). The maximum Gasteiger partial charge on any atom is 0.330 e. The minimum Gasteiger partial charge on any atom is -0.335 e. The van der Waals surface area contributed by atoms with Gasteiger partial charge >= 0.3 is 5.69 Å². The monoisotopic (exact) mass is 325 g/mol. The Balaban J connectivity index is 1.66. The molecular weight excluding hydrogens is 310 g/mol. The van der Waals surface area contributed by atoms with E-state index in [-0.39, 0.29) is 17.6 Å². The number of fused-ring (bicyclic) bond motifs is 1. The van der Waals surface area contributed by atoms with E-state index in [0.717, 1.165) is 0 Å². The van der Waals surface area contributed by atoms with Crippen molar-refractivity contribution in [2.45, 2.75) is 12.5 Å². The van der Waals surface area contributed by atoms with Crippen LogP contribution in [0, 0.1) is 0 Å². The van der Waals surface area contributed by atoms with E-state index >= 15 is 0 Å². The Hall–Kier alpha value is -3.10. The van der Waals surface area contributed by atoms with Crippen molar-refractivity contribution in [2.75, 3.05) is 13.1 Å². The van der Waals surface area contributed by atoms with Gasteiger partial charge in [-0.1, -0.05) is 0 Å². The summed E-state index contributed by atoms with van der Waals surface area (Å²) in [5.41, 5.74) is 1.44. The van der Waals surface area contributed by atoms with Gasteiger partial charge in [0.15, 0.2) is 5.65 Å². The fourth-order valence-corrected chi connectivity index (χ4v) is 3.13. The normalized spacial score (nSPS) is 17.5. The summed E-state index contributed by atoms with van der Waals surface area (Å²) in [5, 5.41) is 0. The van der Waals surface area contributed by atoms with Crippen molar-refractivity contribution in [1.82, 2.24) is 34.0 Å². The van der Waals surface area contributed by atoms with E-state index < -0.39 is 0 Å². The standard InChI is InChI=1S/C15H15N7O2/c1-20-12-7-17-9-19-13(12)22(15(20)24)10-2-5-21(8-10)14(23)11-6-16-3-4-18-11/h3-4,6-7,9-10H,2,5,8H2,1H3. The van der Waals surface area contributed by atoms with Crippen molar-refractivity contribution in [3.8, 4) is 0 Å². The number of likely N-dealkylation sites (tertiary alicyclic amines) is 1. The molecule has 1 aliphatic heterocycles. The van der Waals surface area contributed by atoms with Crippen molar-refractivity contribution < 1.29 is 4.79 Å². The third-order valence-electron chi connectivity index (χ3n) is 4.35. The van der Waals surface area contributed by atoms with Gasteiger partial charge < -0.3 is 4.90 Å². The molecule has 1 unspecified atom stereocenters. The van der Waals surface area contributed by atoms with Crippen LogP contribution in [-0.4, -0.2) is 53.0 Å². The molecule has 0 N–H and O–H groups in total. The molecule has 9 nitrogen and oxygen atoms in total. The van der Waals surface area contributed by atoms with Crippen molar-refractivity contribution in [2.24, 2.45) is 7.05 Å². The number of carbonyl (C=O) groups is 1. The molecule has 3 aromatic rings. The molecule has 24 heavy (non-hydrogen) atoms. The molecule has 9 heteroatoms. The van der Waals surface area contributed by atoms with Crippen LogP contribution in [0.15, 0.2) is 35.9 Å². The summed E-state index contributed by atoms with van der Waals surface area (Å²) in [6.45, 7) is 1.01. The Morgan fingerprint density at radius 3 is 2.88 bits per heavy atom. The lowest BCUT2D eigenvalue weighted by molar-refractivity contribution is 0.0781. The van der Waals surface area contributed by atoms with Gasteiger partial charge in [0.25, 0.3) is 5.91 Å². The molecule has 0 radical (unpaired) electrons. The van der Waals surface area contributed by atoms with Crippen molar-refractivity contribution in [3.63, 3.8) is 0 Å². The summed E-state index contributed by atoms with van der Waals surface area (Å²) in [7, 11) is 1.70. The van der Waals surface area contributed by atoms with Gasteiger partial charge in [0.2, 0.25) is 0 Å². The van der Waals surface area contributed by atoms with Crippen molar-refractivity contribution >= 4 is 17.1 Å². The number of nitrogens with zero attached hydrogens (tertiary/aromatic N) is 7. The Morgan fingerprint density at radius 1 is 1.21 bits per heavy atom. The third kappa shape index (κ3) is 2.16. The Bertz CT molecular complexity index is 963. The summed E-state index contributed by atoms with van der Waals surface area (Å²) < 4.78 is 3.18. The van der Waals surface area contributed by atoms with Gasteiger partial charge in [0.1, 0.15) is 17.5 Å². The number of amides is 1. The Labute approximate surface area is 136 Å². The number of rotatable bonds is 2. The zero-order valence-electron chi connectivity index (χ0n) is 13.0. The van der Waals surface area contributed by atoms with E-state index in [9.17, 15) is 9.59 Å². The number of aryl methyl sites for hydroxylation is 1. The quantitative estimate of drug-likeness (QED) is 0.658. The van der Waals surface area contributed by atoms with Crippen LogP contribution in [0.5, 0.6) is 0 Å². The van der Waals surface area contributed by atoms with E-state index in [1.807, 2.05) is 0 Å². The lowest BCUT2D eigenvalue weighted by Crippen LogP contribution is -2.32. The summed E-state index contributed by atoms with van der Waals surface area (Å²) in [6.07, 6.45) is 8.21.